The van der Waals surface area contributed by atoms with Gasteiger partial charge in [-0.15, -0.1) is 0 Å². The second-order valence-electron chi connectivity index (χ2n) is 4.39. The highest BCUT2D eigenvalue weighted by Crippen LogP contribution is 2.30. The van der Waals surface area contributed by atoms with Crippen LogP contribution < -0.4 is 10.1 Å². The fraction of sp³-hybridized carbons (Fsp3) is 0.250. The standard InChI is InChI=1S/C16H17BrINO/c1-3-20-13-7-4-11(5-8-13)16(19-2)14-10-12(18)6-9-15(14)17/h4-10,16,19H,3H2,1-2H3. The minimum atomic E-state index is 0.162. The first-order chi connectivity index (χ1) is 9.65. The van der Waals surface area contributed by atoms with Crippen LogP contribution in [0, 0.1) is 3.57 Å². The van der Waals surface area contributed by atoms with Crippen LogP contribution in [-0.2, 0) is 0 Å². The van der Waals surface area contributed by atoms with Crippen molar-refractivity contribution >= 4 is 38.5 Å². The van der Waals surface area contributed by atoms with Gasteiger partial charge in [-0.25, -0.2) is 0 Å². The second kappa shape index (κ2) is 7.43. The van der Waals surface area contributed by atoms with Crippen LogP contribution in [0.25, 0.3) is 0 Å². The van der Waals surface area contributed by atoms with Gasteiger partial charge in [-0.2, -0.15) is 0 Å². The summed E-state index contributed by atoms with van der Waals surface area (Å²) in [6.07, 6.45) is 0. The summed E-state index contributed by atoms with van der Waals surface area (Å²) in [5.74, 6) is 0.910. The Hall–Kier alpha value is -0.590. The van der Waals surface area contributed by atoms with Crippen molar-refractivity contribution in [3.63, 3.8) is 0 Å². The molecule has 0 aliphatic rings. The number of nitrogens with one attached hydrogen (secondary N) is 1. The molecule has 1 unspecified atom stereocenters. The molecule has 2 rings (SSSR count). The molecule has 1 atom stereocenters. The Morgan fingerprint density at radius 3 is 2.50 bits per heavy atom. The Balaban J connectivity index is 2.34. The predicted molar refractivity (Wildman–Crippen MR) is 95.4 cm³/mol. The lowest BCUT2D eigenvalue weighted by atomic mass is 9.99. The largest absolute Gasteiger partial charge is 0.494 e. The molecule has 2 aromatic carbocycles. The molecule has 20 heavy (non-hydrogen) atoms. The lowest BCUT2D eigenvalue weighted by Gasteiger charge is -2.19. The van der Waals surface area contributed by atoms with Gasteiger partial charge in [-0.1, -0.05) is 28.1 Å². The van der Waals surface area contributed by atoms with Crippen molar-refractivity contribution in [3.05, 3.63) is 61.6 Å². The Bertz CT molecular complexity index is 571. The maximum Gasteiger partial charge on any atom is 0.119 e. The van der Waals surface area contributed by atoms with E-state index in [4.69, 9.17) is 4.74 Å². The first kappa shape index (κ1) is 15.8. The maximum absolute atomic E-state index is 5.49. The molecule has 4 heteroatoms. The molecule has 106 valence electrons. The molecule has 0 spiro atoms. The van der Waals surface area contributed by atoms with Gasteiger partial charge in [0.05, 0.1) is 12.6 Å². The van der Waals surface area contributed by atoms with Crippen molar-refractivity contribution in [2.24, 2.45) is 0 Å². The fourth-order valence-electron chi connectivity index (χ4n) is 2.16. The zero-order valence-electron chi connectivity index (χ0n) is 11.5. The predicted octanol–water partition coefficient (Wildman–Crippen LogP) is 4.76. The Labute approximate surface area is 142 Å². The highest BCUT2D eigenvalue weighted by molar-refractivity contribution is 14.1. The SMILES string of the molecule is CCOc1ccc(C(NC)c2cc(I)ccc2Br)cc1. The molecule has 0 aliphatic carbocycles. The van der Waals surface area contributed by atoms with Crippen molar-refractivity contribution < 1.29 is 4.74 Å². The molecule has 0 fully saturated rings. The summed E-state index contributed by atoms with van der Waals surface area (Å²) in [5.41, 5.74) is 2.46. The van der Waals surface area contributed by atoms with E-state index in [-0.39, 0.29) is 6.04 Å². The molecule has 0 aliphatic heterocycles. The maximum atomic E-state index is 5.49. The Kier molecular flexibility index (Phi) is 5.86. The summed E-state index contributed by atoms with van der Waals surface area (Å²) in [6, 6.07) is 14.8. The molecule has 2 aromatic rings. The van der Waals surface area contributed by atoms with E-state index in [0.29, 0.717) is 6.61 Å². The molecule has 0 radical (unpaired) electrons. The minimum absolute atomic E-state index is 0.162. The van der Waals surface area contributed by atoms with Gasteiger partial charge >= 0.3 is 0 Å². The summed E-state index contributed by atoms with van der Waals surface area (Å²) >= 11 is 5.98. The number of halogens is 2. The molecule has 0 saturated heterocycles. The van der Waals surface area contributed by atoms with Crippen LogP contribution >= 0.6 is 38.5 Å². The average Bonchev–Trinajstić information content (AvgIpc) is 2.45. The smallest absolute Gasteiger partial charge is 0.119 e. The van der Waals surface area contributed by atoms with Gasteiger partial charge in [0.2, 0.25) is 0 Å². The molecule has 0 bridgehead atoms. The molecular formula is C16H17BrINO. The van der Waals surface area contributed by atoms with E-state index in [2.05, 4.69) is 74.2 Å². The third-order valence-corrected chi connectivity index (χ3v) is 4.48. The number of hydrogen-bond acceptors (Lipinski definition) is 2. The quantitative estimate of drug-likeness (QED) is 0.670. The zero-order valence-corrected chi connectivity index (χ0v) is 15.2. The van der Waals surface area contributed by atoms with Crippen LogP contribution in [0.4, 0.5) is 0 Å². The summed E-state index contributed by atoms with van der Waals surface area (Å²) in [6.45, 7) is 2.69. The lowest BCUT2D eigenvalue weighted by Crippen LogP contribution is -2.18. The van der Waals surface area contributed by atoms with Crippen LogP contribution in [0.5, 0.6) is 5.75 Å². The van der Waals surface area contributed by atoms with Crippen molar-refractivity contribution in [3.8, 4) is 5.75 Å². The van der Waals surface area contributed by atoms with Gasteiger partial charge in [0.1, 0.15) is 5.75 Å². The molecule has 2 nitrogen and oxygen atoms in total. The van der Waals surface area contributed by atoms with E-state index < -0.39 is 0 Å². The Morgan fingerprint density at radius 2 is 1.90 bits per heavy atom. The lowest BCUT2D eigenvalue weighted by molar-refractivity contribution is 0.340. The van der Waals surface area contributed by atoms with Gasteiger partial charge in [0, 0.05) is 8.04 Å². The minimum Gasteiger partial charge on any atom is -0.494 e. The molecular weight excluding hydrogens is 429 g/mol. The van der Waals surface area contributed by atoms with E-state index in [0.717, 1.165) is 10.2 Å². The Morgan fingerprint density at radius 1 is 1.20 bits per heavy atom. The van der Waals surface area contributed by atoms with Gasteiger partial charge < -0.3 is 10.1 Å². The van der Waals surface area contributed by atoms with Crippen molar-refractivity contribution in [2.75, 3.05) is 13.7 Å². The first-order valence-corrected chi connectivity index (χ1v) is 8.38. The number of benzene rings is 2. The van der Waals surface area contributed by atoms with E-state index >= 15 is 0 Å². The third kappa shape index (κ3) is 3.74. The van der Waals surface area contributed by atoms with Crippen LogP contribution in [-0.4, -0.2) is 13.7 Å². The highest BCUT2D eigenvalue weighted by Gasteiger charge is 2.15. The van der Waals surface area contributed by atoms with Crippen LogP contribution in [0.2, 0.25) is 0 Å². The van der Waals surface area contributed by atoms with Gasteiger partial charge in [-0.3, -0.25) is 0 Å². The molecule has 0 heterocycles. The van der Waals surface area contributed by atoms with E-state index in [9.17, 15) is 0 Å². The van der Waals surface area contributed by atoms with Gasteiger partial charge in [0.15, 0.2) is 0 Å². The normalized spacial score (nSPS) is 12.2. The molecule has 1 N–H and O–H groups in total. The first-order valence-electron chi connectivity index (χ1n) is 6.50. The highest BCUT2D eigenvalue weighted by atomic mass is 127. The number of hydrogen-bond donors (Lipinski definition) is 1. The van der Waals surface area contributed by atoms with E-state index in [1.807, 2.05) is 26.1 Å². The number of ether oxygens (including phenoxy) is 1. The van der Waals surface area contributed by atoms with Crippen LogP contribution in [0.1, 0.15) is 24.1 Å². The fourth-order valence-corrected chi connectivity index (χ4v) is 3.15. The molecule has 0 saturated carbocycles. The van der Waals surface area contributed by atoms with Gasteiger partial charge in [-0.05, 0) is 78.0 Å². The third-order valence-electron chi connectivity index (χ3n) is 3.08. The van der Waals surface area contributed by atoms with Crippen molar-refractivity contribution in [2.45, 2.75) is 13.0 Å². The average molecular weight is 446 g/mol. The monoisotopic (exact) mass is 445 g/mol. The van der Waals surface area contributed by atoms with Crippen molar-refractivity contribution in [1.82, 2.24) is 5.32 Å². The zero-order chi connectivity index (χ0) is 14.5. The van der Waals surface area contributed by atoms with Crippen LogP contribution in [0.15, 0.2) is 46.9 Å². The summed E-state index contributed by atoms with van der Waals surface area (Å²) in [5, 5.41) is 3.38. The molecule has 0 amide bonds. The number of rotatable bonds is 5. The summed E-state index contributed by atoms with van der Waals surface area (Å²) < 4.78 is 7.84. The second-order valence-corrected chi connectivity index (χ2v) is 6.49. The summed E-state index contributed by atoms with van der Waals surface area (Å²) in [7, 11) is 1.98. The van der Waals surface area contributed by atoms with Crippen molar-refractivity contribution in [1.29, 1.82) is 0 Å². The summed E-state index contributed by atoms with van der Waals surface area (Å²) in [4.78, 5) is 0. The van der Waals surface area contributed by atoms with Crippen LogP contribution in [0.3, 0.4) is 0 Å². The van der Waals surface area contributed by atoms with E-state index in [1.165, 1.54) is 14.7 Å². The van der Waals surface area contributed by atoms with Gasteiger partial charge in [0.25, 0.3) is 0 Å². The topological polar surface area (TPSA) is 21.3 Å². The molecule has 0 aromatic heterocycles. The van der Waals surface area contributed by atoms with E-state index in [1.54, 1.807) is 0 Å².